The largest absolute Gasteiger partial charge is 0.340 e. The summed E-state index contributed by atoms with van der Waals surface area (Å²) < 4.78 is 1.57. The van der Waals surface area contributed by atoms with E-state index in [1.807, 2.05) is 6.92 Å². The van der Waals surface area contributed by atoms with Crippen molar-refractivity contribution in [2.45, 2.75) is 19.2 Å². The lowest BCUT2D eigenvalue weighted by atomic mass is 10.2. The second-order valence-electron chi connectivity index (χ2n) is 3.91. The molecule has 3 aromatic rings. The number of aromatic amines is 1. The molecule has 0 unspecified atom stereocenters. The molecule has 0 aliphatic carbocycles. The van der Waals surface area contributed by atoms with Gasteiger partial charge in [-0.25, -0.2) is 19.6 Å². The molecule has 1 N–H and O–H groups in total. The highest BCUT2D eigenvalue weighted by Gasteiger charge is 2.18. The van der Waals surface area contributed by atoms with Gasteiger partial charge in [-0.1, -0.05) is 18.5 Å². The van der Waals surface area contributed by atoms with Gasteiger partial charge in [0.15, 0.2) is 11.5 Å². The first-order valence-corrected chi connectivity index (χ1v) is 6.64. The van der Waals surface area contributed by atoms with Crippen LogP contribution in [-0.4, -0.2) is 29.7 Å². The van der Waals surface area contributed by atoms with E-state index >= 15 is 0 Å². The number of fused-ring (bicyclic) bond motifs is 1. The van der Waals surface area contributed by atoms with Crippen LogP contribution in [0.4, 0.5) is 0 Å². The normalized spacial score (nSPS) is 11.3. The highest BCUT2D eigenvalue weighted by atomic mass is 35.5. The number of rotatable bonds is 3. The van der Waals surface area contributed by atoms with Crippen molar-refractivity contribution in [3.63, 3.8) is 0 Å². The summed E-state index contributed by atoms with van der Waals surface area (Å²) in [5, 5.41) is 4.93. The summed E-state index contributed by atoms with van der Waals surface area (Å²) in [5.74, 6) is 0.887. The van der Waals surface area contributed by atoms with Crippen molar-refractivity contribution in [3.05, 3.63) is 29.1 Å². The summed E-state index contributed by atoms with van der Waals surface area (Å²) in [4.78, 5) is 15.4. The number of nitrogens with one attached hydrogen (secondary N) is 1. The van der Waals surface area contributed by atoms with E-state index < -0.39 is 0 Å². The third-order valence-electron chi connectivity index (χ3n) is 2.88. The minimum Gasteiger partial charge on any atom is -0.340 e. The Morgan fingerprint density at radius 3 is 2.84 bits per heavy atom. The van der Waals surface area contributed by atoms with Crippen molar-refractivity contribution < 1.29 is 0 Å². The molecule has 3 aromatic heterocycles. The highest BCUT2D eigenvalue weighted by Crippen LogP contribution is 2.26. The Bertz CT molecular complexity index is 732. The fourth-order valence-electron chi connectivity index (χ4n) is 1.94. The third kappa shape index (κ3) is 1.87. The van der Waals surface area contributed by atoms with Gasteiger partial charge in [-0.15, -0.1) is 11.6 Å². The molecule has 0 bridgehead atoms. The zero-order chi connectivity index (χ0) is 13.4. The quantitative estimate of drug-likeness (QED) is 0.754. The second kappa shape index (κ2) is 4.79. The zero-order valence-electron chi connectivity index (χ0n) is 10.1. The molecule has 0 aromatic carbocycles. The molecule has 0 saturated carbocycles. The average Bonchev–Trinajstić information content (AvgIpc) is 3.02. The Morgan fingerprint density at radius 1 is 1.32 bits per heavy atom. The molecule has 0 aliphatic rings. The van der Waals surface area contributed by atoms with Crippen LogP contribution in [0.15, 0.2) is 12.7 Å². The average molecular weight is 297 g/mol. The fourth-order valence-corrected chi connectivity index (χ4v) is 2.58. The van der Waals surface area contributed by atoms with Crippen molar-refractivity contribution in [2.24, 2.45) is 0 Å². The van der Waals surface area contributed by atoms with Gasteiger partial charge in [0, 0.05) is 5.56 Å². The Kier molecular flexibility index (Phi) is 3.12. The molecule has 6 nitrogen and oxygen atoms in total. The SMILES string of the molecule is CCc1nn(-c2ncnc3nc[nH]c23)c(Cl)c1CCl. The molecule has 0 saturated heterocycles. The minimum atomic E-state index is 0.319. The predicted octanol–water partition coefficient (Wildman–Crippen LogP) is 2.49. The number of aryl methyl sites for hydroxylation is 1. The van der Waals surface area contributed by atoms with E-state index in [-0.39, 0.29) is 0 Å². The van der Waals surface area contributed by atoms with Gasteiger partial charge in [0.05, 0.1) is 17.9 Å². The van der Waals surface area contributed by atoms with Gasteiger partial charge in [0.25, 0.3) is 0 Å². The van der Waals surface area contributed by atoms with E-state index in [1.54, 1.807) is 11.0 Å². The monoisotopic (exact) mass is 296 g/mol. The Balaban J connectivity index is 2.27. The van der Waals surface area contributed by atoms with Gasteiger partial charge in [0.1, 0.15) is 17.0 Å². The van der Waals surface area contributed by atoms with Crippen LogP contribution in [0.1, 0.15) is 18.2 Å². The summed E-state index contributed by atoms with van der Waals surface area (Å²) in [7, 11) is 0. The maximum absolute atomic E-state index is 6.33. The molecule has 0 aliphatic heterocycles. The molecule has 3 heterocycles. The molecule has 98 valence electrons. The zero-order valence-corrected chi connectivity index (χ0v) is 11.6. The molecular weight excluding hydrogens is 287 g/mol. The van der Waals surface area contributed by atoms with Crippen molar-refractivity contribution in [3.8, 4) is 5.82 Å². The van der Waals surface area contributed by atoms with Gasteiger partial charge < -0.3 is 4.98 Å². The van der Waals surface area contributed by atoms with Crippen LogP contribution in [0.2, 0.25) is 5.15 Å². The predicted molar refractivity (Wildman–Crippen MR) is 72.8 cm³/mol. The molecule has 0 spiro atoms. The number of halogens is 2. The van der Waals surface area contributed by atoms with E-state index in [9.17, 15) is 0 Å². The number of nitrogens with zero attached hydrogens (tertiary/aromatic N) is 5. The van der Waals surface area contributed by atoms with Gasteiger partial charge in [0.2, 0.25) is 0 Å². The van der Waals surface area contributed by atoms with Gasteiger partial charge in [-0.3, -0.25) is 0 Å². The summed E-state index contributed by atoms with van der Waals surface area (Å²) in [6.07, 6.45) is 3.75. The first-order chi connectivity index (χ1) is 9.26. The van der Waals surface area contributed by atoms with E-state index in [0.29, 0.717) is 28.0 Å². The van der Waals surface area contributed by atoms with Crippen LogP contribution in [0.5, 0.6) is 0 Å². The van der Waals surface area contributed by atoms with Crippen LogP contribution in [0, 0.1) is 0 Å². The molecule has 19 heavy (non-hydrogen) atoms. The second-order valence-corrected chi connectivity index (χ2v) is 4.54. The maximum Gasteiger partial charge on any atom is 0.184 e. The van der Waals surface area contributed by atoms with Crippen LogP contribution in [0.25, 0.3) is 17.0 Å². The first-order valence-electron chi connectivity index (χ1n) is 5.73. The lowest BCUT2D eigenvalue weighted by molar-refractivity contribution is 0.818. The molecule has 3 rings (SSSR count). The smallest absolute Gasteiger partial charge is 0.184 e. The molecule has 0 radical (unpaired) electrons. The minimum absolute atomic E-state index is 0.319. The van der Waals surface area contributed by atoms with E-state index in [1.165, 1.54) is 6.33 Å². The molecule has 8 heteroatoms. The van der Waals surface area contributed by atoms with Crippen molar-refractivity contribution in [2.75, 3.05) is 0 Å². The number of imidazole rings is 1. The van der Waals surface area contributed by atoms with Crippen molar-refractivity contribution >= 4 is 34.4 Å². The van der Waals surface area contributed by atoms with Crippen molar-refractivity contribution in [1.29, 1.82) is 0 Å². The van der Waals surface area contributed by atoms with Crippen LogP contribution >= 0.6 is 23.2 Å². The molecule has 0 atom stereocenters. The van der Waals surface area contributed by atoms with Crippen molar-refractivity contribution in [1.82, 2.24) is 29.7 Å². The first kappa shape index (κ1) is 12.4. The standard InChI is InChI=1S/C11H10Cl2N6/c1-2-7-6(3-12)9(13)19(18-7)11-8-10(15-4-14-8)16-5-17-11/h4-5H,2-3H2,1H3,(H,14,15,16,17). The third-order valence-corrected chi connectivity index (χ3v) is 3.53. The maximum atomic E-state index is 6.33. The summed E-state index contributed by atoms with van der Waals surface area (Å²) in [6, 6.07) is 0. The van der Waals surface area contributed by atoms with E-state index in [0.717, 1.165) is 17.7 Å². The number of H-pyrrole nitrogens is 1. The topological polar surface area (TPSA) is 72.3 Å². The van der Waals surface area contributed by atoms with E-state index in [4.69, 9.17) is 23.2 Å². The Labute approximate surface area is 118 Å². The van der Waals surface area contributed by atoms with Gasteiger partial charge in [-0.05, 0) is 6.42 Å². The number of hydrogen-bond acceptors (Lipinski definition) is 4. The molecule has 0 fully saturated rings. The van der Waals surface area contributed by atoms with Crippen LogP contribution in [0.3, 0.4) is 0 Å². The molecule has 0 amide bonds. The lowest BCUT2D eigenvalue weighted by Crippen LogP contribution is -2.02. The van der Waals surface area contributed by atoms with Crippen LogP contribution < -0.4 is 0 Å². The Hall–Kier alpha value is -1.66. The highest BCUT2D eigenvalue weighted by molar-refractivity contribution is 6.31. The summed E-state index contributed by atoms with van der Waals surface area (Å²) in [6.45, 7) is 2.00. The number of aromatic nitrogens is 6. The number of hydrogen-bond donors (Lipinski definition) is 1. The summed E-state index contributed by atoms with van der Waals surface area (Å²) in [5.41, 5.74) is 2.96. The summed E-state index contributed by atoms with van der Waals surface area (Å²) >= 11 is 12.3. The molecular formula is C11H10Cl2N6. The Morgan fingerprint density at radius 2 is 2.16 bits per heavy atom. The fraction of sp³-hybridized carbons (Fsp3) is 0.273. The van der Waals surface area contributed by atoms with E-state index in [2.05, 4.69) is 25.0 Å². The number of alkyl halides is 1. The van der Waals surface area contributed by atoms with Gasteiger partial charge in [-0.2, -0.15) is 5.10 Å². The van der Waals surface area contributed by atoms with Crippen LogP contribution in [-0.2, 0) is 12.3 Å². The van der Waals surface area contributed by atoms with Gasteiger partial charge >= 0.3 is 0 Å². The lowest BCUT2D eigenvalue weighted by Gasteiger charge is -2.02.